The standard InChI is InChI=1S/C22H23NO5/c1-4-21(25)23(3)12-13-27-22(26)18-10-8-17(9-11-18)15-28-20-7-5-6-16(2)19(20)14-24/h4-11,14H,1,12-13,15H2,2-3H3. The van der Waals surface area contributed by atoms with Crippen LogP contribution in [0.1, 0.15) is 31.8 Å². The molecule has 0 atom stereocenters. The number of amides is 1. The van der Waals surface area contributed by atoms with Crippen LogP contribution in [-0.4, -0.2) is 43.3 Å². The van der Waals surface area contributed by atoms with Crippen LogP contribution in [0.2, 0.25) is 0 Å². The molecule has 0 aliphatic rings. The topological polar surface area (TPSA) is 72.9 Å². The van der Waals surface area contributed by atoms with Gasteiger partial charge in [0.25, 0.3) is 0 Å². The van der Waals surface area contributed by atoms with Gasteiger partial charge in [-0.2, -0.15) is 0 Å². The third kappa shape index (κ3) is 5.54. The summed E-state index contributed by atoms with van der Waals surface area (Å²) in [5, 5.41) is 0. The van der Waals surface area contributed by atoms with E-state index < -0.39 is 5.97 Å². The predicted octanol–water partition coefficient (Wildman–Crippen LogP) is 3.19. The lowest BCUT2D eigenvalue weighted by Crippen LogP contribution is -2.29. The zero-order chi connectivity index (χ0) is 20.5. The number of ether oxygens (including phenoxy) is 2. The molecular weight excluding hydrogens is 358 g/mol. The van der Waals surface area contributed by atoms with Crippen molar-refractivity contribution in [1.82, 2.24) is 4.90 Å². The molecule has 1 amide bonds. The molecule has 2 aromatic rings. The van der Waals surface area contributed by atoms with Gasteiger partial charge in [-0.15, -0.1) is 0 Å². The minimum absolute atomic E-state index is 0.0988. The lowest BCUT2D eigenvalue weighted by atomic mass is 10.1. The first-order valence-corrected chi connectivity index (χ1v) is 8.77. The summed E-state index contributed by atoms with van der Waals surface area (Å²) in [6.07, 6.45) is 1.99. The van der Waals surface area contributed by atoms with Crippen LogP contribution in [0.25, 0.3) is 0 Å². The minimum atomic E-state index is -0.464. The van der Waals surface area contributed by atoms with E-state index in [4.69, 9.17) is 9.47 Å². The van der Waals surface area contributed by atoms with Crippen molar-refractivity contribution in [2.75, 3.05) is 20.2 Å². The van der Waals surface area contributed by atoms with E-state index in [9.17, 15) is 14.4 Å². The van der Waals surface area contributed by atoms with Gasteiger partial charge in [-0.05, 0) is 42.3 Å². The quantitative estimate of drug-likeness (QED) is 0.379. The molecule has 0 saturated carbocycles. The second-order valence-electron chi connectivity index (χ2n) is 6.19. The summed E-state index contributed by atoms with van der Waals surface area (Å²) in [5.41, 5.74) is 2.64. The smallest absolute Gasteiger partial charge is 0.338 e. The first-order valence-electron chi connectivity index (χ1n) is 8.77. The second kappa shape index (κ2) is 10.1. The van der Waals surface area contributed by atoms with Crippen molar-refractivity contribution in [1.29, 1.82) is 0 Å². The van der Waals surface area contributed by atoms with Gasteiger partial charge < -0.3 is 14.4 Å². The average molecular weight is 381 g/mol. The van der Waals surface area contributed by atoms with Gasteiger partial charge in [-0.25, -0.2) is 4.79 Å². The molecule has 2 aromatic carbocycles. The Bertz CT molecular complexity index is 858. The van der Waals surface area contributed by atoms with Crippen molar-refractivity contribution in [3.05, 3.63) is 77.4 Å². The summed E-state index contributed by atoms with van der Waals surface area (Å²) in [6, 6.07) is 12.3. The maximum absolute atomic E-state index is 12.1. The van der Waals surface area contributed by atoms with Gasteiger partial charge >= 0.3 is 5.97 Å². The van der Waals surface area contributed by atoms with Crippen molar-refractivity contribution in [3.63, 3.8) is 0 Å². The maximum Gasteiger partial charge on any atom is 0.338 e. The number of benzene rings is 2. The molecule has 28 heavy (non-hydrogen) atoms. The lowest BCUT2D eigenvalue weighted by Gasteiger charge is -2.14. The van der Waals surface area contributed by atoms with Crippen LogP contribution >= 0.6 is 0 Å². The van der Waals surface area contributed by atoms with Crippen molar-refractivity contribution in [2.45, 2.75) is 13.5 Å². The normalized spacial score (nSPS) is 10.1. The zero-order valence-electron chi connectivity index (χ0n) is 16.0. The summed E-state index contributed by atoms with van der Waals surface area (Å²) in [4.78, 5) is 36.0. The molecule has 0 aliphatic carbocycles. The highest BCUT2D eigenvalue weighted by Gasteiger charge is 2.10. The largest absolute Gasteiger partial charge is 0.488 e. The number of carbonyl (C=O) groups excluding carboxylic acids is 3. The highest BCUT2D eigenvalue weighted by atomic mass is 16.5. The van der Waals surface area contributed by atoms with E-state index >= 15 is 0 Å². The van der Waals surface area contributed by atoms with Crippen molar-refractivity contribution in [3.8, 4) is 5.75 Å². The summed E-state index contributed by atoms with van der Waals surface area (Å²) in [5.74, 6) is -0.169. The fourth-order valence-electron chi connectivity index (χ4n) is 2.45. The van der Waals surface area contributed by atoms with Crippen LogP contribution in [0.15, 0.2) is 55.1 Å². The van der Waals surface area contributed by atoms with Crippen LogP contribution in [0.3, 0.4) is 0 Å². The molecule has 0 bridgehead atoms. The van der Waals surface area contributed by atoms with Gasteiger partial charge in [0.1, 0.15) is 19.0 Å². The number of likely N-dealkylation sites (N-methyl/N-ethyl adjacent to an activating group) is 1. The molecular formula is C22H23NO5. The average Bonchev–Trinajstić information content (AvgIpc) is 2.71. The molecule has 0 radical (unpaired) electrons. The number of aryl methyl sites for hydroxylation is 1. The van der Waals surface area contributed by atoms with Crippen LogP contribution in [0.5, 0.6) is 5.75 Å². The van der Waals surface area contributed by atoms with Gasteiger partial charge in [0.2, 0.25) is 5.91 Å². The Morgan fingerprint density at radius 2 is 1.86 bits per heavy atom. The maximum atomic E-state index is 12.1. The zero-order valence-corrected chi connectivity index (χ0v) is 16.0. The van der Waals surface area contributed by atoms with Gasteiger partial charge in [0.15, 0.2) is 6.29 Å². The van der Waals surface area contributed by atoms with E-state index in [-0.39, 0.29) is 25.7 Å². The van der Waals surface area contributed by atoms with E-state index in [0.717, 1.165) is 17.4 Å². The summed E-state index contributed by atoms with van der Waals surface area (Å²) in [6.45, 7) is 5.91. The van der Waals surface area contributed by atoms with E-state index in [0.29, 0.717) is 16.9 Å². The molecule has 0 spiro atoms. The molecule has 146 valence electrons. The fourth-order valence-corrected chi connectivity index (χ4v) is 2.45. The number of esters is 1. The lowest BCUT2D eigenvalue weighted by molar-refractivity contribution is -0.125. The minimum Gasteiger partial charge on any atom is -0.488 e. The Morgan fingerprint density at radius 3 is 2.50 bits per heavy atom. The Hall–Kier alpha value is -3.41. The number of nitrogens with zero attached hydrogens (tertiary/aromatic N) is 1. The molecule has 6 heteroatoms. The Balaban J connectivity index is 1.88. The molecule has 0 aromatic heterocycles. The molecule has 0 heterocycles. The predicted molar refractivity (Wildman–Crippen MR) is 105 cm³/mol. The number of carbonyl (C=O) groups is 3. The first kappa shape index (κ1) is 20.9. The van der Waals surface area contributed by atoms with E-state index in [1.54, 1.807) is 37.4 Å². The highest BCUT2D eigenvalue weighted by Crippen LogP contribution is 2.21. The summed E-state index contributed by atoms with van der Waals surface area (Å²) >= 11 is 0. The van der Waals surface area contributed by atoms with Crippen molar-refractivity contribution < 1.29 is 23.9 Å². The molecule has 0 fully saturated rings. The summed E-state index contributed by atoms with van der Waals surface area (Å²) in [7, 11) is 1.61. The monoisotopic (exact) mass is 381 g/mol. The fraction of sp³-hybridized carbons (Fsp3) is 0.227. The number of aldehydes is 1. The van der Waals surface area contributed by atoms with Crippen LogP contribution in [0.4, 0.5) is 0 Å². The van der Waals surface area contributed by atoms with E-state index in [1.807, 2.05) is 19.1 Å². The van der Waals surface area contributed by atoms with Crippen molar-refractivity contribution >= 4 is 18.2 Å². The number of rotatable bonds is 9. The van der Waals surface area contributed by atoms with Crippen LogP contribution in [0, 0.1) is 6.92 Å². The Morgan fingerprint density at radius 1 is 1.14 bits per heavy atom. The first-order chi connectivity index (χ1) is 13.5. The number of hydrogen-bond acceptors (Lipinski definition) is 5. The van der Waals surface area contributed by atoms with Crippen LogP contribution in [-0.2, 0) is 16.1 Å². The second-order valence-corrected chi connectivity index (χ2v) is 6.19. The van der Waals surface area contributed by atoms with Gasteiger partial charge in [-0.3, -0.25) is 9.59 Å². The Labute approximate surface area is 164 Å². The third-order valence-electron chi connectivity index (χ3n) is 4.20. The van der Waals surface area contributed by atoms with E-state index in [2.05, 4.69) is 6.58 Å². The Kier molecular flexibility index (Phi) is 7.51. The van der Waals surface area contributed by atoms with Gasteiger partial charge in [0.05, 0.1) is 17.7 Å². The van der Waals surface area contributed by atoms with Crippen LogP contribution < -0.4 is 4.74 Å². The van der Waals surface area contributed by atoms with Crippen molar-refractivity contribution in [2.24, 2.45) is 0 Å². The third-order valence-corrected chi connectivity index (χ3v) is 4.20. The molecule has 0 unspecified atom stereocenters. The highest BCUT2D eigenvalue weighted by molar-refractivity contribution is 5.89. The molecule has 6 nitrogen and oxygen atoms in total. The molecule has 0 saturated heterocycles. The SMILES string of the molecule is C=CC(=O)N(C)CCOC(=O)c1ccc(COc2cccc(C)c2C=O)cc1. The molecule has 0 N–H and O–H groups in total. The van der Waals surface area contributed by atoms with E-state index in [1.165, 1.54) is 11.0 Å². The van der Waals surface area contributed by atoms with Gasteiger partial charge in [0, 0.05) is 7.05 Å². The van der Waals surface area contributed by atoms with Gasteiger partial charge in [-0.1, -0.05) is 30.8 Å². The molecule has 0 aliphatic heterocycles. The molecule has 2 rings (SSSR count). The number of hydrogen-bond donors (Lipinski definition) is 0. The summed E-state index contributed by atoms with van der Waals surface area (Å²) < 4.78 is 10.9.